The summed E-state index contributed by atoms with van der Waals surface area (Å²) in [6.07, 6.45) is -23.7. The Labute approximate surface area is 445 Å². The van der Waals surface area contributed by atoms with E-state index in [1.807, 2.05) is 20.8 Å². The lowest BCUT2D eigenvalue weighted by atomic mass is 9.35. The van der Waals surface area contributed by atoms with Crippen LogP contribution >= 0.6 is 0 Å². The summed E-state index contributed by atoms with van der Waals surface area (Å²) in [6.45, 7) is 16.9. The zero-order valence-electron chi connectivity index (χ0n) is 45.6. The van der Waals surface area contributed by atoms with Crippen LogP contribution in [0.1, 0.15) is 120 Å². The first-order valence-electron chi connectivity index (χ1n) is 27.7. The molecule has 0 aromatic heterocycles. The Morgan fingerprint density at radius 3 is 1.76 bits per heavy atom. The van der Waals surface area contributed by atoms with E-state index in [2.05, 4.69) is 40.7 Å². The highest BCUT2D eigenvalue weighted by molar-refractivity contribution is 5.20. The van der Waals surface area contributed by atoms with Gasteiger partial charge in [0, 0.05) is 0 Å². The Hall–Kier alpha value is -1.14. The molecule has 8 aliphatic rings. The average molecular weight is 1090 g/mol. The van der Waals surface area contributed by atoms with Crippen LogP contribution in [-0.4, -0.2) is 232 Å². The predicted octanol–water partition coefficient (Wildman–Crippen LogP) is -1.17. The molecule has 0 unspecified atom stereocenters. The van der Waals surface area contributed by atoms with Gasteiger partial charge in [0.1, 0.15) is 91.6 Å². The highest BCUT2D eigenvalue weighted by atomic mass is 16.8. The first-order valence-corrected chi connectivity index (χ1v) is 27.7. The second-order valence-electron chi connectivity index (χ2n) is 25.7. The average Bonchev–Trinajstić information content (AvgIpc) is 3.77. The lowest BCUT2D eigenvalue weighted by molar-refractivity contribution is -0.378. The van der Waals surface area contributed by atoms with Gasteiger partial charge in [-0.3, -0.25) is 0 Å². The van der Waals surface area contributed by atoms with E-state index < -0.39 is 171 Å². The molecule has 440 valence electrons. The molecule has 22 heteroatoms. The molecule has 0 aromatic carbocycles. The molecule has 14 N–H and O–H groups in total. The molecule has 22 nitrogen and oxygen atoms in total. The lowest BCUT2D eigenvalue weighted by Gasteiger charge is -2.71. The summed E-state index contributed by atoms with van der Waals surface area (Å²) in [4.78, 5) is 0. The van der Waals surface area contributed by atoms with Gasteiger partial charge in [-0.15, -0.1) is 0 Å². The van der Waals surface area contributed by atoms with Crippen molar-refractivity contribution in [1.29, 1.82) is 0 Å². The van der Waals surface area contributed by atoms with Crippen molar-refractivity contribution in [2.75, 3.05) is 19.8 Å². The molecule has 8 rings (SSSR count). The Kier molecular flexibility index (Phi) is 18.4. The fraction of sp³-hybridized carbons (Fsp3) is 0.963. The molecule has 0 spiro atoms. The lowest BCUT2D eigenvalue weighted by Crippen LogP contribution is -2.68. The number of allylic oxidation sites excluding steroid dienone is 2. The highest BCUT2D eigenvalue weighted by Crippen LogP contribution is 2.76. The van der Waals surface area contributed by atoms with Crippen LogP contribution in [0.5, 0.6) is 0 Å². The van der Waals surface area contributed by atoms with Crippen molar-refractivity contribution in [3.63, 3.8) is 0 Å². The van der Waals surface area contributed by atoms with Crippen molar-refractivity contribution >= 4 is 0 Å². The molecule has 0 bridgehead atoms. The van der Waals surface area contributed by atoms with Crippen LogP contribution in [0.2, 0.25) is 0 Å². The van der Waals surface area contributed by atoms with E-state index in [4.69, 9.17) is 37.9 Å². The van der Waals surface area contributed by atoms with Gasteiger partial charge in [0.2, 0.25) is 0 Å². The maximum atomic E-state index is 12.8. The van der Waals surface area contributed by atoms with Gasteiger partial charge < -0.3 is 109 Å². The maximum Gasteiger partial charge on any atom is 0.187 e. The third-order valence-electron chi connectivity index (χ3n) is 20.9. The summed E-state index contributed by atoms with van der Waals surface area (Å²) in [6, 6.07) is 0. The Bertz CT molecular complexity index is 1980. The number of hydrogen-bond donors (Lipinski definition) is 14. The molecule has 4 aliphatic carbocycles. The second kappa shape index (κ2) is 22.9. The van der Waals surface area contributed by atoms with Crippen LogP contribution in [0.15, 0.2) is 11.6 Å². The molecule has 4 saturated carbocycles. The van der Waals surface area contributed by atoms with E-state index in [0.717, 1.165) is 24.8 Å². The molecule has 0 aromatic rings. The fourth-order valence-corrected chi connectivity index (χ4v) is 16.2. The maximum absolute atomic E-state index is 12.8. The number of ether oxygens (including phenoxy) is 8. The van der Waals surface area contributed by atoms with Gasteiger partial charge >= 0.3 is 0 Å². The Balaban J connectivity index is 1.01. The molecular weight excluding hydrogens is 1000 g/mol. The monoisotopic (exact) mass is 1090 g/mol. The van der Waals surface area contributed by atoms with Crippen LogP contribution in [0.3, 0.4) is 0 Å². The summed E-state index contributed by atoms with van der Waals surface area (Å²) >= 11 is 0. The minimum atomic E-state index is -1.81. The first-order chi connectivity index (χ1) is 35.5. The van der Waals surface area contributed by atoms with Gasteiger partial charge in [0.05, 0.1) is 43.7 Å². The molecule has 0 radical (unpaired) electrons. The highest BCUT2D eigenvalue weighted by Gasteiger charge is 2.72. The van der Waals surface area contributed by atoms with E-state index in [0.29, 0.717) is 38.5 Å². The van der Waals surface area contributed by atoms with Crippen molar-refractivity contribution in [3.8, 4) is 0 Å². The molecule has 30 atom stereocenters. The fourth-order valence-electron chi connectivity index (χ4n) is 16.2. The van der Waals surface area contributed by atoms with Gasteiger partial charge in [0.25, 0.3) is 0 Å². The van der Waals surface area contributed by atoms with E-state index in [1.54, 1.807) is 0 Å². The largest absolute Gasteiger partial charge is 0.394 e. The normalized spacial score (nSPS) is 53.2. The molecule has 0 amide bonds. The molecular formula is C54H92O22. The predicted molar refractivity (Wildman–Crippen MR) is 265 cm³/mol. The van der Waals surface area contributed by atoms with Crippen LogP contribution in [-0.2, 0) is 37.9 Å². The molecule has 4 saturated heterocycles. The second-order valence-corrected chi connectivity index (χ2v) is 25.7. The zero-order chi connectivity index (χ0) is 55.9. The summed E-state index contributed by atoms with van der Waals surface area (Å²) < 4.78 is 49.1. The molecule has 76 heavy (non-hydrogen) atoms. The molecule has 4 aliphatic heterocycles. The standard InChI is InChI=1S/C54H92O22/c1-23(2)11-10-15-54(9,76-48-44(68)40(64)37(61)29(73-48)22-69-46-42(66)38(62)34(58)24(3)70-46)25-12-17-53(8)33(25)26(57)19-31-51(6)16-14-32(50(4,5)30(51)13-18-52(31,53)7)74-49-45(41(65)36(60)28(21-56)72-49)75-47-43(67)39(63)35(59)27(20-55)71-47/h11,24-49,55-68H,10,12-22H2,1-9H3/t24-,25-,26+,27+,28+,29+,30-,31+,32-,33-,34-,35+,36+,37+,38+,39-,40-,41-,42+,43+,44+,45+,46+,47-,48-,49-,51-,52+,53+,54-/m0/s1. The van der Waals surface area contributed by atoms with Crippen molar-refractivity contribution in [1.82, 2.24) is 0 Å². The van der Waals surface area contributed by atoms with Crippen molar-refractivity contribution < 1.29 is 109 Å². The Morgan fingerprint density at radius 1 is 0.579 bits per heavy atom. The van der Waals surface area contributed by atoms with E-state index in [1.165, 1.54) is 6.92 Å². The Morgan fingerprint density at radius 2 is 1.13 bits per heavy atom. The third-order valence-corrected chi connectivity index (χ3v) is 20.9. The van der Waals surface area contributed by atoms with Gasteiger partial charge in [-0.05, 0) is 131 Å². The van der Waals surface area contributed by atoms with Gasteiger partial charge in [-0.25, -0.2) is 0 Å². The van der Waals surface area contributed by atoms with Crippen molar-refractivity contribution in [2.45, 2.75) is 261 Å². The quantitative estimate of drug-likeness (QED) is 0.0678. The summed E-state index contributed by atoms with van der Waals surface area (Å²) in [7, 11) is 0. The number of aliphatic hydroxyl groups is 14. The number of fused-ring (bicyclic) bond motifs is 5. The summed E-state index contributed by atoms with van der Waals surface area (Å²) in [5.41, 5.74) is -1.49. The van der Waals surface area contributed by atoms with Crippen LogP contribution in [0.25, 0.3) is 0 Å². The van der Waals surface area contributed by atoms with Gasteiger partial charge in [0.15, 0.2) is 25.2 Å². The van der Waals surface area contributed by atoms with Crippen LogP contribution in [0, 0.1) is 45.3 Å². The summed E-state index contributed by atoms with van der Waals surface area (Å²) in [5, 5.41) is 152. The van der Waals surface area contributed by atoms with E-state index in [9.17, 15) is 71.5 Å². The van der Waals surface area contributed by atoms with Crippen LogP contribution < -0.4 is 0 Å². The SMILES string of the molecule is CC(C)=CCC[C@](C)(O[C@@H]1O[C@H](CO[C@@H]2O[C@@H](C)[C@H](O)[C@@H](O)[C@H]2O)[C@@H](O)[C@H](O)[C@H]1O)[C@H]1CC[C@]2(C)[C@@H]1[C@H](O)C[C@@H]1[C@@]3(C)CC[C@H](O[C@@H]4O[C@H](CO)[C@@H](O)[C@H](O)[C@H]4O[C@@H]4O[C@H](CO)[C@@H](O)[C@H](O)[C@H]4O)C(C)(C)[C@@H]3CC[C@]12C. The summed E-state index contributed by atoms with van der Waals surface area (Å²) in [5.74, 6) is -0.404. The minimum absolute atomic E-state index is 0.0493. The van der Waals surface area contributed by atoms with Crippen molar-refractivity contribution in [3.05, 3.63) is 11.6 Å². The van der Waals surface area contributed by atoms with E-state index in [-0.39, 0.29) is 34.5 Å². The topological polar surface area (TPSA) is 357 Å². The zero-order valence-corrected chi connectivity index (χ0v) is 45.6. The number of hydrogen-bond acceptors (Lipinski definition) is 22. The van der Waals surface area contributed by atoms with Crippen LogP contribution in [0.4, 0.5) is 0 Å². The number of rotatable bonds is 15. The smallest absolute Gasteiger partial charge is 0.187 e. The van der Waals surface area contributed by atoms with Gasteiger partial charge in [-0.2, -0.15) is 0 Å². The third kappa shape index (κ3) is 10.5. The minimum Gasteiger partial charge on any atom is -0.394 e. The molecule has 8 fully saturated rings. The first kappa shape index (κ1) is 60.9. The number of aliphatic hydroxyl groups excluding tert-OH is 14. The van der Waals surface area contributed by atoms with Gasteiger partial charge in [-0.1, -0.05) is 46.3 Å². The van der Waals surface area contributed by atoms with Crippen molar-refractivity contribution in [2.24, 2.45) is 45.3 Å². The van der Waals surface area contributed by atoms with E-state index >= 15 is 0 Å². The molecule has 4 heterocycles.